The highest BCUT2D eigenvalue weighted by molar-refractivity contribution is 7.12. The molecule has 0 unspecified atom stereocenters. The van der Waals surface area contributed by atoms with E-state index in [9.17, 15) is 4.79 Å². The van der Waals surface area contributed by atoms with Crippen molar-refractivity contribution < 1.29 is 4.79 Å². The molecule has 1 amide bonds. The van der Waals surface area contributed by atoms with Crippen molar-refractivity contribution in [1.82, 2.24) is 0 Å². The molecule has 0 fully saturated rings. The standard InChI is InChI=1S/C7H6N2OS/c10-7-4-8-3-6-5(9-7)1-2-11-6/h1-3H,4H2,(H,9,10). The Kier molecular flexibility index (Phi) is 1.47. The van der Waals surface area contributed by atoms with Crippen LogP contribution in [0.4, 0.5) is 5.69 Å². The molecule has 0 spiro atoms. The quantitative estimate of drug-likeness (QED) is 0.616. The molecule has 56 valence electrons. The zero-order valence-electron chi connectivity index (χ0n) is 5.70. The largest absolute Gasteiger partial charge is 0.323 e. The molecular weight excluding hydrogens is 160 g/mol. The third-order valence-electron chi connectivity index (χ3n) is 1.41. The van der Waals surface area contributed by atoms with E-state index in [4.69, 9.17) is 0 Å². The maximum atomic E-state index is 10.9. The van der Waals surface area contributed by atoms with Gasteiger partial charge in [-0.15, -0.1) is 11.3 Å². The molecule has 3 nitrogen and oxygen atoms in total. The third kappa shape index (κ3) is 1.17. The number of amides is 1. The Morgan fingerprint density at radius 1 is 1.64 bits per heavy atom. The van der Waals surface area contributed by atoms with Crippen molar-refractivity contribution in [1.29, 1.82) is 0 Å². The first-order valence-corrected chi connectivity index (χ1v) is 4.11. The summed E-state index contributed by atoms with van der Waals surface area (Å²) in [6, 6.07) is 1.88. The average Bonchev–Trinajstić information content (AvgIpc) is 2.31. The number of anilines is 1. The van der Waals surface area contributed by atoms with Crippen molar-refractivity contribution in [2.45, 2.75) is 0 Å². The van der Waals surface area contributed by atoms with Gasteiger partial charge in [0.25, 0.3) is 0 Å². The lowest BCUT2D eigenvalue weighted by Gasteiger charge is -1.96. The molecule has 2 heterocycles. The molecule has 0 saturated carbocycles. The Morgan fingerprint density at radius 2 is 2.55 bits per heavy atom. The van der Waals surface area contributed by atoms with Crippen LogP contribution in [-0.2, 0) is 4.79 Å². The van der Waals surface area contributed by atoms with Crippen LogP contribution in [0.3, 0.4) is 0 Å². The van der Waals surface area contributed by atoms with Crippen LogP contribution in [0.25, 0.3) is 0 Å². The van der Waals surface area contributed by atoms with Crippen LogP contribution < -0.4 is 5.32 Å². The minimum atomic E-state index is -0.0431. The predicted octanol–water partition coefficient (Wildman–Crippen LogP) is 1.12. The first-order chi connectivity index (χ1) is 5.36. The normalized spacial score (nSPS) is 15.5. The lowest BCUT2D eigenvalue weighted by atomic mass is 10.4. The van der Waals surface area contributed by atoms with Crippen LogP contribution in [-0.4, -0.2) is 18.7 Å². The summed E-state index contributed by atoms with van der Waals surface area (Å²) in [6.07, 6.45) is 1.73. The molecule has 2 rings (SSSR count). The van der Waals surface area contributed by atoms with E-state index in [0.717, 1.165) is 10.6 Å². The summed E-state index contributed by atoms with van der Waals surface area (Å²) in [7, 11) is 0. The number of thiophene rings is 1. The van der Waals surface area contributed by atoms with E-state index in [1.165, 1.54) is 0 Å². The molecule has 0 bridgehead atoms. The van der Waals surface area contributed by atoms with E-state index in [1.54, 1.807) is 17.6 Å². The highest BCUT2D eigenvalue weighted by Gasteiger charge is 2.08. The summed E-state index contributed by atoms with van der Waals surface area (Å²) in [6.45, 7) is 0.237. The van der Waals surface area contributed by atoms with Crippen molar-refractivity contribution in [2.24, 2.45) is 4.99 Å². The monoisotopic (exact) mass is 166 g/mol. The highest BCUT2D eigenvalue weighted by atomic mass is 32.1. The summed E-state index contributed by atoms with van der Waals surface area (Å²) >= 11 is 1.58. The van der Waals surface area contributed by atoms with Crippen LogP contribution in [0.15, 0.2) is 16.4 Å². The Bertz CT molecular complexity index is 316. The zero-order chi connectivity index (χ0) is 7.68. The molecule has 0 radical (unpaired) electrons. The summed E-state index contributed by atoms with van der Waals surface area (Å²) in [5.74, 6) is -0.0431. The summed E-state index contributed by atoms with van der Waals surface area (Å²) in [4.78, 5) is 15.9. The number of hydrogen-bond donors (Lipinski definition) is 1. The molecule has 0 atom stereocenters. The third-order valence-corrected chi connectivity index (χ3v) is 2.26. The molecule has 1 aliphatic rings. The predicted molar refractivity (Wildman–Crippen MR) is 45.4 cm³/mol. The SMILES string of the molecule is O=C1CN=Cc2sccc2N1. The fourth-order valence-electron chi connectivity index (χ4n) is 0.925. The topological polar surface area (TPSA) is 41.5 Å². The fourth-order valence-corrected chi connectivity index (χ4v) is 1.66. The first-order valence-electron chi connectivity index (χ1n) is 3.23. The molecule has 4 heteroatoms. The van der Waals surface area contributed by atoms with Crippen LogP contribution in [0.2, 0.25) is 0 Å². The van der Waals surface area contributed by atoms with Gasteiger partial charge in [-0.3, -0.25) is 9.79 Å². The van der Waals surface area contributed by atoms with Crippen LogP contribution >= 0.6 is 11.3 Å². The lowest BCUT2D eigenvalue weighted by Crippen LogP contribution is -2.12. The number of rotatable bonds is 0. The van der Waals surface area contributed by atoms with Gasteiger partial charge in [-0.2, -0.15) is 0 Å². The van der Waals surface area contributed by atoms with Gasteiger partial charge in [-0.1, -0.05) is 0 Å². The highest BCUT2D eigenvalue weighted by Crippen LogP contribution is 2.21. The second-order valence-corrected chi connectivity index (χ2v) is 3.16. The molecule has 1 aromatic heterocycles. The zero-order valence-corrected chi connectivity index (χ0v) is 6.52. The molecule has 11 heavy (non-hydrogen) atoms. The number of carbonyl (C=O) groups is 1. The Balaban J connectivity index is 2.44. The molecule has 1 aromatic rings. The van der Waals surface area contributed by atoms with Gasteiger partial charge >= 0.3 is 0 Å². The van der Waals surface area contributed by atoms with Crippen LogP contribution in [0.1, 0.15) is 4.88 Å². The van der Waals surface area contributed by atoms with Crippen LogP contribution in [0, 0.1) is 0 Å². The van der Waals surface area contributed by atoms with Gasteiger partial charge in [0.05, 0.1) is 10.6 Å². The Hall–Kier alpha value is -1.16. The van der Waals surface area contributed by atoms with E-state index >= 15 is 0 Å². The van der Waals surface area contributed by atoms with E-state index in [0.29, 0.717) is 0 Å². The van der Waals surface area contributed by atoms with Crippen molar-refractivity contribution in [2.75, 3.05) is 11.9 Å². The van der Waals surface area contributed by atoms with Crippen molar-refractivity contribution in [3.05, 3.63) is 16.3 Å². The van der Waals surface area contributed by atoms with E-state index in [-0.39, 0.29) is 12.5 Å². The van der Waals surface area contributed by atoms with Crippen molar-refractivity contribution >= 4 is 29.1 Å². The van der Waals surface area contributed by atoms with Crippen molar-refractivity contribution in [3.8, 4) is 0 Å². The maximum absolute atomic E-state index is 10.9. The van der Waals surface area contributed by atoms with E-state index < -0.39 is 0 Å². The molecule has 1 N–H and O–H groups in total. The fraction of sp³-hybridized carbons (Fsp3) is 0.143. The minimum Gasteiger partial charge on any atom is -0.323 e. The number of fused-ring (bicyclic) bond motifs is 1. The number of aliphatic imine (C=N–C) groups is 1. The van der Waals surface area contributed by atoms with Gasteiger partial charge in [0.15, 0.2) is 0 Å². The molecular formula is C7H6N2OS. The van der Waals surface area contributed by atoms with Gasteiger partial charge < -0.3 is 5.32 Å². The molecule has 0 saturated heterocycles. The van der Waals surface area contributed by atoms with Gasteiger partial charge in [0.2, 0.25) is 5.91 Å². The van der Waals surface area contributed by atoms with Crippen LogP contribution in [0.5, 0.6) is 0 Å². The maximum Gasteiger partial charge on any atom is 0.246 e. The molecule has 0 aromatic carbocycles. The van der Waals surface area contributed by atoms with Gasteiger partial charge in [0, 0.05) is 6.21 Å². The summed E-state index contributed by atoms with van der Waals surface area (Å²) in [5, 5.41) is 4.68. The number of nitrogens with zero attached hydrogens (tertiary/aromatic N) is 1. The van der Waals surface area contributed by atoms with E-state index in [1.807, 2.05) is 11.4 Å². The average molecular weight is 166 g/mol. The number of nitrogens with one attached hydrogen (secondary N) is 1. The number of carbonyl (C=O) groups excluding carboxylic acids is 1. The van der Waals surface area contributed by atoms with Gasteiger partial charge in [-0.25, -0.2) is 0 Å². The molecule has 1 aliphatic heterocycles. The van der Waals surface area contributed by atoms with Crippen molar-refractivity contribution in [3.63, 3.8) is 0 Å². The van der Waals surface area contributed by atoms with Gasteiger partial charge in [0.1, 0.15) is 6.54 Å². The Labute approximate surface area is 67.8 Å². The first kappa shape index (κ1) is 6.54. The summed E-state index contributed by atoms with van der Waals surface area (Å²) < 4.78 is 0. The second-order valence-electron chi connectivity index (χ2n) is 2.22. The Morgan fingerprint density at radius 3 is 3.45 bits per heavy atom. The molecule has 0 aliphatic carbocycles. The smallest absolute Gasteiger partial charge is 0.246 e. The minimum absolute atomic E-state index is 0.0431. The number of hydrogen-bond acceptors (Lipinski definition) is 3. The lowest BCUT2D eigenvalue weighted by molar-refractivity contribution is -0.114. The van der Waals surface area contributed by atoms with E-state index in [2.05, 4.69) is 10.3 Å². The van der Waals surface area contributed by atoms with Gasteiger partial charge in [-0.05, 0) is 11.4 Å². The second kappa shape index (κ2) is 2.47. The summed E-state index contributed by atoms with van der Waals surface area (Å²) in [5.41, 5.74) is 0.876.